The average molecular weight is 512 g/mol. The zero-order valence-corrected chi connectivity index (χ0v) is 22.1. The van der Waals surface area contributed by atoms with Crippen molar-refractivity contribution in [3.8, 4) is 10.8 Å². The van der Waals surface area contributed by atoms with Gasteiger partial charge < -0.3 is 19.5 Å². The molecule has 1 atom stereocenters. The second-order valence-electron chi connectivity index (χ2n) is 9.80. The third kappa shape index (κ3) is 4.66. The number of carbonyl (C=O) groups is 1. The van der Waals surface area contributed by atoms with Crippen LogP contribution in [0.2, 0.25) is 0 Å². The Labute approximate surface area is 222 Å². The van der Waals surface area contributed by atoms with Gasteiger partial charge in [-0.15, -0.1) is 11.3 Å². The van der Waals surface area contributed by atoms with Crippen LogP contribution in [0.25, 0.3) is 5.00 Å². The highest BCUT2D eigenvalue weighted by Crippen LogP contribution is 2.44. The van der Waals surface area contributed by atoms with E-state index < -0.39 is 0 Å². The van der Waals surface area contributed by atoms with Crippen LogP contribution in [0.4, 0.5) is 4.79 Å². The van der Waals surface area contributed by atoms with E-state index in [1.165, 1.54) is 39.4 Å². The molecule has 0 saturated carbocycles. The number of benzene rings is 2. The van der Waals surface area contributed by atoms with Crippen molar-refractivity contribution in [1.82, 2.24) is 14.8 Å². The minimum atomic E-state index is -0.193. The summed E-state index contributed by atoms with van der Waals surface area (Å²) < 4.78 is 8.03. The molecule has 1 aliphatic carbocycles. The monoisotopic (exact) mass is 511 g/mol. The largest absolute Gasteiger partial charge is 0.494 e. The van der Waals surface area contributed by atoms with Crippen molar-refractivity contribution in [3.63, 3.8) is 0 Å². The van der Waals surface area contributed by atoms with E-state index in [9.17, 15) is 4.79 Å². The Morgan fingerprint density at radius 1 is 1.00 bits per heavy atom. The maximum absolute atomic E-state index is 13.9. The first-order chi connectivity index (χ1) is 18.2. The van der Waals surface area contributed by atoms with Crippen LogP contribution < -0.4 is 10.1 Å². The molecule has 0 spiro atoms. The SMILES string of the molecule is CCOc1ccc([C@H]2c3cccn3-c3sc4c(c3CN2C(=O)NCCc2ccccc2)CCCC4)cc1. The lowest BCUT2D eigenvalue weighted by molar-refractivity contribution is 0.180. The molecule has 0 bridgehead atoms. The number of carbonyl (C=O) groups excluding carboxylic acids is 1. The summed E-state index contributed by atoms with van der Waals surface area (Å²) in [5.74, 6) is 0.849. The average Bonchev–Trinajstić information content (AvgIpc) is 3.52. The van der Waals surface area contributed by atoms with E-state index in [4.69, 9.17) is 4.74 Å². The molecule has 37 heavy (non-hydrogen) atoms. The highest BCUT2D eigenvalue weighted by molar-refractivity contribution is 7.15. The Morgan fingerprint density at radius 3 is 2.62 bits per heavy atom. The summed E-state index contributed by atoms with van der Waals surface area (Å²) in [6.45, 7) is 3.84. The molecule has 0 radical (unpaired) electrons. The van der Waals surface area contributed by atoms with E-state index in [0.29, 0.717) is 19.7 Å². The van der Waals surface area contributed by atoms with Crippen LogP contribution in [0.1, 0.15) is 58.6 Å². The summed E-state index contributed by atoms with van der Waals surface area (Å²) in [5, 5.41) is 4.52. The molecule has 0 saturated heterocycles. The highest BCUT2D eigenvalue weighted by Gasteiger charge is 2.36. The minimum Gasteiger partial charge on any atom is -0.494 e. The third-order valence-corrected chi connectivity index (χ3v) is 8.81. The number of amides is 2. The molecule has 6 rings (SSSR count). The molecule has 2 amide bonds. The molecule has 0 fully saturated rings. The van der Waals surface area contributed by atoms with Gasteiger partial charge in [-0.3, -0.25) is 0 Å². The Bertz CT molecular complexity index is 1370. The Balaban J connectivity index is 1.37. The number of urea groups is 1. The molecule has 6 heteroatoms. The fraction of sp³-hybridized carbons (Fsp3) is 0.323. The summed E-state index contributed by atoms with van der Waals surface area (Å²) >= 11 is 1.92. The van der Waals surface area contributed by atoms with Gasteiger partial charge in [0.15, 0.2) is 0 Å². The topological polar surface area (TPSA) is 46.5 Å². The highest BCUT2D eigenvalue weighted by atomic mass is 32.1. The fourth-order valence-electron chi connectivity index (χ4n) is 5.71. The smallest absolute Gasteiger partial charge is 0.318 e. The summed E-state index contributed by atoms with van der Waals surface area (Å²) in [6, 6.07) is 22.6. The van der Waals surface area contributed by atoms with Crippen molar-refractivity contribution in [2.24, 2.45) is 0 Å². The summed E-state index contributed by atoms with van der Waals surface area (Å²) in [4.78, 5) is 17.5. The van der Waals surface area contributed by atoms with Crippen molar-refractivity contribution in [2.75, 3.05) is 13.2 Å². The standard InChI is InChI=1S/C31H33N3O2S/c1-2-36-24-16-14-23(15-17-24)29-27-12-8-20-33(27)30-26(25-11-6-7-13-28(25)37-30)21-34(29)31(35)32-19-18-22-9-4-3-5-10-22/h3-5,8-10,12,14-17,20,29H,2,6-7,11,13,18-19,21H2,1H3,(H,32,35)/t29-/m0/s1. The molecule has 1 N–H and O–H groups in total. The van der Waals surface area contributed by atoms with Gasteiger partial charge in [0, 0.05) is 23.2 Å². The Kier molecular flexibility index (Phi) is 6.75. The normalized spacial score (nSPS) is 16.4. The number of fused-ring (bicyclic) bond motifs is 5. The van der Waals surface area contributed by atoms with Gasteiger partial charge >= 0.3 is 6.03 Å². The number of nitrogens with one attached hydrogen (secondary N) is 1. The van der Waals surface area contributed by atoms with Crippen LogP contribution in [0.5, 0.6) is 5.75 Å². The molecule has 0 unspecified atom stereocenters. The van der Waals surface area contributed by atoms with Crippen LogP contribution in [0.3, 0.4) is 0 Å². The number of nitrogens with zero attached hydrogens (tertiary/aromatic N) is 2. The lowest BCUT2D eigenvalue weighted by Crippen LogP contribution is -2.42. The van der Waals surface area contributed by atoms with E-state index in [-0.39, 0.29) is 12.1 Å². The van der Waals surface area contributed by atoms with Crippen LogP contribution in [0, 0.1) is 0 Å². The van der Waals surface area contributed by atoms with Crippen molar-refractivity contribution >= 4 is 17.4 Å². The predicted octanol–water partition coefficient (Wildman–Crippen LogP) is 6.67. The zero-order chi connectivity index (χ0) is 25.2. The quantitative estimate of drug-likeness (QED) is 0.314. The third-order valence-electron chi connectivity index (χ3n) is 7.48. The maximum atomic E-state index is 13.9. The van der Waals surface area contributed by atoms with Gasteiger partial charge in [-0.1, -0.05) is 42.5 Å². The van der Waals surface area contributed by atoms with Gasteiger partial charge in [-0.2, -0.15) is 0 Å². The second kappa shape index (κ2) is 10.5. The van der Waals surface area contributed by atoms with Gasteiger partial charge in [-0.05, 0) is 80.0 Å². The van der Waals surface area contributed by atoms with E-state index in [2.05, 4.69) is 52.5 Å². The minimum absolute atomic E-state index is 0.0221. The summed E-state index contributed by atoms with van der Waals surface area (Å²) in [5.41, 5.74) is 6.24. The zero-order valence-electron chi connectivity index (χ0n) is 21.3. The molecule has 190 valence electrons. The van der Waals surface area contributed by atoms with Crippen LogP contribution in [-0.4, -0.2) is 28.6 Å². The summed E-state index contributed by atoms with van der Waals surface area (Å²) in [7, 11) is 0. The van der Waals surface area contributed by atoms with Gasteiger partial charge in [0.25, 0.3) is 0 Å². The number of hydrogen-bond acceptors (Lipinski definition) is 3. The van der Waals surface area contributed by atoms with Gasteiger partial charge in [0.2, 0.25) is 0 Å². The Hall–Kier alpha value is -3.51. The predicted molar refractivity (Wildman–Crippen MR) is 149 cm³/mol. The van der Waals surface area contributed by atoms with Gasteiger partial charge in [0.1, 0.15) is 10.8 Å². The molecular weight excluding hydrogens is 478 g/mol. The summed E-state index contributed by atoms with van der Waals surface area (Å²) in [6.07, 6.45) is 7.70. The van der Waals surface area contributed by atoms with Gasteiger partial charge in [-0.25, -0.2) is 4.79 Å². The lowest BCUT2D eigenvalue weighted by Gasteiger charge is -2.31. The molecule has 2 aromatic heterocycles. The molecule has 2 aromatic carbocycles. The first kappa shape index (κ1) is 23.9. The molecule has 4 aromatic rings. The lowest BCUT2D eigenvalue weighted by atomic mass is 9.95. The molecule has 5 nitrogen and oxygen atoms in total. The van der Waals surface area contributed by atoms with Crippen LogP contribution in [-0.2, 0) is 25.8 Å². The number of aromatic nitrogens is 1. The molecular formula is C31H33N3O2S. The number of ether oxygens (including phenoxy) is 1. The van der Waals surface area contributed by atoms with Crippen molar-refractivity contribution in [2.45, 2.75) is 51.6 Å². The fourth-order valence-corrected chi connectivity index (χ4v) is 7.11. The van der Waals surface area contributed by atoms with E-state index >= 15 is 0 Å². The van der Waals surface area contributed by atoms with E-state index in [0.717, 1.165) is 36.3 Å². The van der Waals surface area contributed by atoms with Crippen molar-refractivity contribution in [1.29, 1.82) is 0 Å². The Morgan fingerprint density at radius 2 is 1.81 bits per heavy atom. The number of thiophene rings is 1. The van der Waals surface area contributed by atoms with Crippen LogP contribution >= 0.6 is 11.3 Å². The maximum Gasteiger partial charge on any atom is 0.318 e. The number of rotatable bonds is 6. The molecule has 3 heterocycles. The van der Waals surface area contributed by atoms with E-state index in [1.807, 2.05) is 53.5 Å². The van der Waals surface area contributed by atoms with E-state index in [1.54, 1.807) is 0 Å². The van der Waals surface area contributed by atoms with Gasteiger partial charge in [0.05, 0.1) is 24.9 Å². The van der Waals surface area contributed by atoms with Crippen molar-refractivity contribution in [3.05, 3.63) is 106 Å². The second-order valence-corrected chi connectivity index (χ2v) is 10.9. The molecule has 2 aliphatic rings. The number of hydrogen-bond donors (Lipinski definition) is 1. The molecule has 1 aliphatic heterocycles. The number of aryl methyl sites for hydroxylation is 1. The van der Waals surface area contributed by atoms with Crippen molar-refractivity contribution < 1.29 is 9.53 Å². The van der Waals surface area contributed by atoms with Crippen LogP contribution in [0.15, 0.2) is 72.9 Å². The first-order valence-corrected chi connectivity index (χ1v) is 14.2. The first-order valence-electron chi connectivity index (χ1n) is 13.3.